The van der Waals surface area contributed by atoms with E-state index in [2.05, 4.69) is 51.2 Å². The molecule has 0 fully saturated rings. The van der Waals surface area contributed by atoms with Crippen LogP contribution in [0.4, 0.5) is 0 Å². The first kappa shape index (κ1) is 70.7. The maximum absolute atomic E-state index is 13.8. The normalized spacial score (nSPS) is 13.5. The van der Waals surface area contributed by atoms with Crippen molar-refractivity contribution >= 4 is 56.7 Å². The fourth-order valence-corrected chi connectivity index (χ4v) is 10.0. The van der Waals surface area contributed by atoms with E-state index < -0.39 is 65.2 Å². The van der Waals surface area contributed by atoms with Gasteiger partial charge in [0.2, 0.25) is 23.6 Å². The molecule has 0 aliphatic rings. The lowest BCUT2D eigenvalue weighted by atomic mass is 9.97. The average molecular weight is 1130 g/mol. The Labute approximate surface area is 475 Å². The van der Waals surface area contributed by atoms with E-state index in [1.807, 2.05) is 31.2 Å². The third-order valence-electron chi connectivity index (χ3n) is 14.8. The number of H-pyrrole nitrogens is 1. The van der Waals surface area contributed by atoms with Crippen molar-refractivity contribution in [3.05, 3.63) is 36.0 Å². The van der Waals surface area contributed by atoms with E-state index in [4.69, 9.17) is 9.47 Å². The van der Waals surface area contributed by atoms with Crippen LogP contribution in [0.1, 0.15) is 246 Å². The quantitative estimate of drug-likeness (QED) is 0.0206. The van der Waals surface area contributed by atoms with Crippen LogP contribution in [-0.4, -0.2) is 104 Å². The van der Waals surface area contributed by atoms with Gasteiger partial charge >= 0.3 is 16.4 Å². The zero-order valence-corrected chi connectivity index (χ0v) is 50.1. The van der Waals surface area contributed by atoms with Gasteiger partial charge in [-0.3, -0.25) is 33.3 Å². The minimum absolute atomic E-state index is 0.00862. The Morgan fingerprint density at radius 2 is 1.16 bits per heavy atom. The maximum Gasteiger partial charge on any atom is 0.397 e. The van der Waals surface area contributed by atoms with Crippen LogP contribution in [0.3, 0.4) is 0 Å². The van der Waals surface area contributed by atoms with E-state index in [9.17, 15) is 41.7 Å². The van der Waals surface area contributed by atoms with Crippen molar-refractivity contribution in [2.24, 2.45) is 5.92 Å². The van der Waals surface area contributed by atoms with Gasteiger partial charge in [0, 0.05) is 42.8 Å². The highest BCUT2D eigenvalue weighted by Gasteiger charge is 2.29. The molecule has 0 bridgehead atoms. The topological polar surface area (TPSA) is 248 Å². The van der Waals surface area contributed by atoms with Crippen LogP contribution in [0.25, 0.3) is 10.9 Å². The number of nitrogens with one attached hydrogen (secondary N) is 5. The molecule has 18 heteroatoms. The van der Waals surface area contributed by atoms with Crippen LogP contribution in [0.15, 0.2) is 30.5 Å². The lowest BCUT2D eigenvalue weighted by Crippen LogP contribution is -2.53. The van der Waals surface area contributed by atoms with Gasteiger partial charge in [-0.05, 0) is 49.7 Å². The fraction of sp³-hybridized carbons (Fsp3) is 0.770. The number of rotatable bonds is 51. The standard InChI is InChI=1S/C61H105N5O12S/c1-6-10-13-16-18-20-21-23-24-27-30-37-56(68)64-50(46-76-42-41-51(34-29-26-15-12-8-3)78-59(71)38-31-28-25-22-19-17-14-11-7-2)39-40-55(67)54(47-77-79(73,74)75)65-58(70)45-63-61(72)60(48(5)9-4)66-57(69)43-49-44-62-53-36-33-32-35-52(49)53/h32-33,35-36,44,48,50-51,54,60,62H,6-31,34,37-43,45-47H2,1-5H3,(H,63,72)(H,64,68)(H,65,70)(H,66,69)(H,73,74,75)/t48-,50-,51+,54-,60-/m0/s1. The molecule has 2 rings (SSSR count). The van der Waals surface area contributed by atoms with Crippen molar-refractivity contribution in [1.29, 1.82) is 0 Å². The molecule has 5 atom stereocenters. The van der Waals surface area contributed by atoms with Crippen molar-refractivity contribution in [3.63, 3.8) is 0 Å². The van der Waals surface area contributed by atoms with Crippen molar-refractivity contribution in [3.8, 4) is 0 Å². The molecule has 1 aromatic heterocycles. The number of fused-ring (bicyclic) bond motifs is 1. The summed E-state index contributed by atoms with van der Waals surface area (Å²) in [5.41, 5.74) is 1.63. The van der Waals surface area contributed by atoms with E-state index in [0.29, 0.717) is 32.1 Å². The minimum Gasteiger partial charge on any atom is -0.462 e. The Kier molecular flexibility index (Phi) is 39.6. The van der Waals surface area contributed by atoms with Crippen LogP contribution in [0, 0.1) is 5.92 Å². The Bertz CT molecular complexity index is 2100. The number of aromatic amines is 1. The van der Waals surface area contributed by atoms with E-state index >= 15 is 0 Å². The summed E-state index contributed by atoms with van der Waals surface area (Å²) in [6.07, 6.45) is 31.9. The molecule has 1 aromatic carbocycles. The summed E-state index contributed by atoms with van der Waals surface area (Å²) in [7, 11) is -5.03. The molecule has 0 aliphatic heterocycles. The van der Waals surface area contributed by atoms with Gasteiger partial charge in [-0.1, -0.05) is 200 Å². The van der Waals surface area contributed by atoms with Gasteiger partial charge in [-0.2, -0.15) is 8.42 Å². The SMILES string of the molecule is CCCCCCCCCCCCCC(=O)N[C@@H](CCC(=O)[C@H](COS(=O)(=O)O)NC(=O)CNC(=O)[C@@H](NC(=O)Cc1c[nH]c2ccccc12)[C@@H](C)CC)COCC[C@@H](CCCCCCC)OC(=O)CCCCCCCCCCC. The lowest BCUT2D eigenvalue weighted by molar-refractivity contribution is -0.150. The number of benzene rings is 1. The number of carbonyl (C=O) groups is 6. The molecule has 0 aliphatic carbocycles. The molecule has 6 N–H and O–H groups in total. The number of carbonyl (C=O) groups excluding carboxylic acids is 6. The molecule has 0 radical (unpaired) electrons. The van der Waals surface area contributed by atoms with Gasteiger partial charge in [-0.25, -0.2) is 4.18 Å². The largest absolute Gasteiger partial charge is 0.462 e. The van der Waals surface area contributed by atoms with E-state index in [1.54, 1.807) is 13.1 Å². The van der Waals surface area contributed by atoms with Gasteiger partial charge in [0.15, 0.2) is 5.78 Å². The number of hydrogen-bond donors (Lipinski definition) is 6. The molecule has 79 heavy (non-hydrogen) atoms. The molecule has 0 spiro atoms. The monoisotopic (exact) mass is 1130 g/mol. The van der Waals surface area contributed by atoms with Gasteiger partial charge in [0.05, 0.1) is 38.8 Å². The summed E-state index contributed by atoms with van der Waals surface area (Å²) in [5.74, 6) is -3.26. The molecule has 0 unspecified atom stereocenters. The number of aromatic nitrogens is 1. The van der Waals surface area contributed by atoms with Crippen LogP contribution >= 0.6 is 0 Å². The lowest BCUT2D eigenvalue weighted by Gasteiger charge is -2.24. The number of para-hydroxylation sites is 1. The molecule has 0 saturated carbocycles. The first-order valence-electron chi connectivity index (χ1n) is 30.7. The Balaban J connectivity index is 2.09. The van der Waals surface area contributed by atoms with Crippen LogP contribution < -0.4 is 21.3 Å². The Morgan fingerprint density at radius 1 is 0.608 bits per heavy atom. The van der Waals surface area contributed by atoms with Crippen molar-refractivity contribution in [2.75, 3.05) is 26.4 Å². The predicted molar refractivity (Wildman–Crippen MR) is 314 cm³/mol. The maximum atomic E-state index is 13.8. The first-order chi connectivity index (χ1) is 38.1. The third kappa shape index (κ3) is 35.2. The summed E-state index contributed by atoms with van der Waals surface area (Å²) in [6, 6.07) is 4.34. The number of esters is 1. The van der Waals surface area contributed by atoms with Crippen molar-refractivity contribution < 1.29 is 55.4 Å². The van der Waals surface area contributed by atoms with Gasteiger partial charge in [-0.15, -0.1) is 0 Å². The molecule has 2 aromatic rings. The van der Waals surface area contributed by atoms with Crippen LogP contribution in [0.2, 0.25) is 0 Å². The highest BCUT2D eigenvalue weighted by atomic mass is 32.3. The van der Waals surface area contributed by atoms with Crippen molar-refractivity contribution in [2.45, 2.75) is 271 Å². The highest BCUT2D eigenvalue weighted by molar-refractivity contribution is 7.80. The zero-order valence-electron chi connectivity index (χ0n) is 49.3. The second-order valence-corrected chi connectivity index (χ2v) is 22.9. The summed E-state index contributed by atoms with van der Waals surface area (Å²) in [6.45, 7) is 8.97. The number of hydrogen-bond acceptors (Lipinski definition) is 11. The first-order valence-corrected chi connectivity index (χ1v) is 32.1. The average Bonchev–Trinajstić information content (AvgIpc) is 3.83. The third-order valence-corrected chi connectivity index (χ3v) is 15.2. The summed E-state index contributed by atoms with van der Waals surface area (Å²) >= 11 is 0. The molecule has 1 heterocycles. The Hall–Kier alpha value is -4.39. The molecule has 0 saturated heterocycles. The molecular formula is C61H105N5O12S. The van der Waals surface area contributed by atoms with Crippen LogP contribution in [0.5, 0.6) is 0 Å². The number of Topliss-reactive ketones (excluding diaryl/α,β-unsaturated/α-hetero) is 1. The number of ketones is 1. The second kappa shape index (κ2) is 44.3. The van der Waals surface area contributed by atoms with E-state index in [1.165, 1.54) is 83.5 Å². The summed E-state index contributed by atoms with van der Waals surface area (Å²) < 4.78 is 49.5. The zero-order chi connectivity index (χ0) is 57.9. The fourth-order valence-electron chi connectivity index (χ4n) is 9.71. The molecular weight excluding hydrogens is 1030 g/mol. The number of amides is 4. The van der Waals surface area contributed by atoms with Gasteiger partial charge in [0.25, 0.3) is 0 Å². The summed E-state index contributed by atoms with van der Waals surface area (Å²) in [5, 5.41) is 11.7. The number of unbranched alkanes of at least 4 members (excludes halogenated alkanes) is 22. The highest BCUT2D eigenvalue weighted by Crippen LogP contribution is 2.20. The van der Waals surface area contributed by atoms with E-state index in [-0.39, 0.29) is 62.8 Å². The smallest absolute Gasteiger partial charge is 0.397 e. The van der Waals surface area contributed by atoms with Crippen molar-refractivity contribution in [1.82, 2.24) is 26.3 Å². The van der Waals surface area contributed by atoms with Gasteiger partial charge in [0.1, 0.15) is 18.2 Å². The molecule has 4 amide bonds. The van der Waals surface area contributed by atoms with E-state index in [0.717, 1.165) is 87.1 Å². The predicted octanol–water partition coefficient (Wildman–Crippen LogP) is 11.8. The summed E-state index contributed by atoms with van der Waals surface area (Å²) in [4.78, 5) is 83.4. The van der Waals surface area contributed by atoms with Crippen LogP contribution in [-0.2, 0) is 59.2 Å². The molecule has 17 nitrogen and oxygen atoms in total. The second-order valence-electron chi connectivity index (χ2n) is 21.8. The molecule has 452 valence electrons. The Morgan fingerprint density at radius 3 is 1.75 bits per heavy atom. The number of ether oxygens (including phenoxy) is 2. The van der Waals surface area contributed by atoms with Gasteiger partial charge < -0.3 is 35.7 Å². The minimum atomic E-state index is -5.03.